The molecule has 16 heavy (non-hydrogen) atoms. The molecular formula is C11H9BrN2O2. The Balaban J connectivity index is 2.21. The van der Waals surface area contributed by atoms with Gasteiger partial charge < -0.3 is 9.84 Å². The monoisotopic (exact) mass is 280 g/mol. The summed E-state index contributed by atoms with van der Waals surface area (Å²) in [6.45, 7) is 1.10. The molecule has 0 radical (unpaired) electrons. The van der Waals surface area contributed by atoms with E-state index in [1.807, 2.05) is 12.1 Å². The molecule has 2 aromatic rings. The van der Waals surface area contributed by atoms with Crippen molar-refractivity contribution in [1.82, 2.24) is 9.78 Å². The van der Waals surface area contributed by atoms with Crippen LogP contribution in [0.3, 0.4) is 0 Å². The summed E-state index contributed by atoms with van der Waals surface area (Å²) in [5.74, 6) is 0.215. The lowest BCUT2D eigenvalue weighted by molar-refractivity contribution is 0.130. The highest BCUT2D eigenvalue weighted by Crippen LogP contribution is 2.31. The molecule has 0 saturated carbocycles. The van der Waals surface area contributed by atoms with Crippen molar-refractivity contribution < 1.29 is 9.84 Å². The van der Waals surface area contributed by atoms with E-state index in [1.165, 1.54) is 0 Å². The lowest BCUT2D eigenvalue weighted by atomic mass is 10.2. The third-order valence-corrected chi connectivity index (χ3v) is 3.27. The van der Waals surface area contributed by atoms with Gasteiger partial charge >= 0.3 is 0 Å². The number of phenols is 1. The van der Waals surface area contributed by atoms with E-state index in [-0.39, 0.29) is 5.75 Å². The van der Waals surface area contributed by atoms with Gasteiger partial charge in [0.15, 0.2) is 0 Å². The van der Waals surface area contributed by atoms with Gasteiger partial charge in [-0.2, -0.15) is 5.10 Å². The number of para-hydroxylation sites is 2. The molecular weight excluding hydrogens is 272 g/mol. The van der Waals surface area contributed by atoms with Gasteiger partial charge in [-0.3, -0.25) is 0 Å². The van der Waals surface area contributed by atoms with Crippen LogP contribution in [0.4, 0.5) is 0 Å². The molecule has 0 bridgehead atoms. The number of ether oxygens (including phenoxy) is 1. The molecule has 0 atom stereocenters. The van der Waals surface area contributed by atoms with Crippen molar-refractivity contribution in [1.29, 1.82) is 0 Å². The summed E-state index contributed by atoms with van der Waals surface area (Å²) in [7, 11) is 0. The summed E-state index contributed by atoms with van der Waals surface area (Å²) < 4.78 is 7.87. The van der Waals surface area contributed by atoms with Crippen LogP contribution in [0.5, 0.6) is 5.75 Å². The second-order valence-electron chi connectivity index (χ2n) is 3.61. The first-order valence-electron chi connectivity index (χ1n) is 4.90. The maximum Gasteiger partial charge on any atom is 0.141 e. The maximum absolute atomic E-state index is 9.79. The molecule has 0 fully saturated rings. The highest BCUT2D eigenvalue weighted by molar-refractivity contribution is 9.10. The summed E-state index contributed by atoms with van der Waals surface area (Å²) >= 11 is 3.40. The van der Waals surface area contributed by atoms with Gasteiger partial charge in [-0.05, 0) is 28.1 Å². The SMILES string of the molecule is Oc1ccccc1-n1nc(Br)c2c1COC2. The Labute approximate surface area is 101 Å². The molecule has 0 amide bonds. The molecule has 5 heteroatoms. The summed E-state index contributed by atoms with van der Waals surface area (Å²) in [4.78, 5) is 0. The Morgan fingerprint density at radius 3 is 2.94 bits per heavy atom. The van der Waals surface area contributed by atoms with Crippen LogP contribution in [0.2, 0.25) is 0 Å². The zero-order chi connectivity index (χ0) is 11.1. The number of halogens is 1. The smallest absolute Gasteiger partial charge is 0.141 e. The first-order valence-corrected chi connectivity index (χ1v) is 5.69. The number of phenolic OH excluding ortho intramolecular Hbond substituents is 1. The van der Waals surface area contributed by atoms with Crippen LogP contribution < -0.4 is 0 Å². The van der Waals surface area contributed by atoms with Gasteiger partial charge in [0.2, 0.25) is 0 Å². The van der Waals surface area contributed by atoms with E-state index in [0.29, 0.717) is 18.9 Å². The largest absolute Gasteiger partial charge is 0.506 e. The van der Waals surface area contributed by atoms with E-state index in [9.17, 15) is 5.11 Å². The van der Waals surface area contributed by atoms with Gasteiger partial charge in [0.25, 0.3) is 0 Å². The molecule has 2 heterocycles. The van der Waals surface area contributed by atoms with E-state index in [2.05, 4.69) is 21.0 Å². The van der Waals surface area contributed by atoms with E-state index < -0.39 is 0 Å². The van der Waals surface area contributed by atoms with Gasteiger partial charge in [0, 0.05) is 5.56 Å². The second-order valence-corrected chi connectivity index (χ2v) is 4.36. The van der Waals surface area contributed by atoms with Crippen LogP contribution in [-0.4, -0.2) is 14.9 Å². The molecule has 1 aromatic carbocycles. The number of fused-ring (bicyclic) bond motifs is 1. The molecule has 0 saturated heterocycles. The van der Waals surface area contributed by atoms with Crippen LogP contribution in [-0.2, 0) is 18.0 Å². The van der Waals surface area contributed by atoms with Gasteiger partial charge in [-0.15, -0.1) is 0 Å². The fourth-order valence-corrected chi connectivity index (χ4v) is 2.34. The number of aromatic nitrogens is 2. The number of hydrogen-bond donors (Lipinski definition) is 1. The van der Waals surface area contributed by atoms with Crippen molar-refractivity contribution in [2.45, 2.75) is 13.2 Å². The first-order chi connectivity index (χ1) is 7.77. The zero-order valence-electron chi connectivity index (χ0n) is 8.35. The van der Waals surface area contributed by atoms with Crippen molar-refractivity contribution in [2.24, 2.45) is 0 Å². The highest BCUT2D eigenvalue weighted by Gasteiger charge is 2.23. The number of benzene rings is 1. The number of aromatic hydroxyl groups is 1. The minimum atomic E-state index is 0.215. The molecule has 1 aliphatic rings. The Morgan fingerprint density at radius 2 is 2.12 bits per heavy atom. The average molecular weight is 281 g/mol. The van der Waals surface area contributed by atoms with Crippen molar-refractivity contribution in [3.63, 3.8) is 0 Å². The fraction of sp³-hybridized carbons (Fsp3) is 0.182. The van der Waals surface area contributed by atoms with Crippen LogP contribution in [0.15, 0.2) is 28.9 Å². The maximum atomic E-state index is 9.79. The quantitative estimate of drug-likeness (QED) is 0.873. The number of nitrogens with zero attached hydrogens (tertiary/aromatic N) is 2. The normalized spacial score (nSPS) is 14.1. The number of rotatable bonds is 1. The minimum Gasteiger partial charge on any atom is -0.506 e. The topological polar surface area (TPSA) is 47.3 Å². The van der Waals surface area contributed by atoms with E-state index in [0.717, 1.165) is 15.9 Å². The summed E-state index contributed by atoms with van der Waals surface area (Å²) in [6.07, 6.45) is 0. The van der Waals surface area contributed by atoms with Crippen molar-refractivity contribution in [2.75, 3.05) is 0 Å². The lowest BCUT2D eigenvalue weighted by Crippen LogP contribution is -2.01. The van der Waals surface area contributed by atoms with Gasteiger partial charge in [-0.1, -0.05) is 12.1 Å². The molecule has 1 N–H and O–H groups in total. The molecule has 0 unspecified atom stereocenters. The van der Waals surface area contributed by atoms with Crippen LogP contribution >= 0.6 is 15.9 Å². The van der Waals surface area contributed by atoms with Crippen molar-refractivity contribution >= 4 is 15.9 Å². The molecule has 1 aromatic heterocycles. The molecule has 3 rings (SSSR count). The standard InChI is InChI=1S/C11H9BrN2O2/c12-11-7-5-16-6-9(7)14(13-11)8-3-1-2-4-10(8)15/h1-4,15H,5-6H2. The average Bonchev–Trinajstić information content (AvgIpc) is 2.84. The Kier molecular flexibility index (Phi) is 2.22. The van der Waals surface area contributed by atoms with Gasteiger partial charge in [0.1, 0.15) is 16.0 Å². The first kappa shape index (κ1) is 9.86. The molecule has 1 aliphatic heterocycles. The lowest BCUT2D eigenvalue weighted by Gasteiger charge is -2.06. The van der Waals surface area contributed by atoms with Gasteiger partial charge in [0.05, 0.1) is 18.9 Å². The summed E-state index contributed by atoms with van der Waals surface area (Å²) in [5.41, 5.74) is 2.73. The third kappa shape index (κ3) is 1.36. The molecule has 82 valence electrons. The van der Waals surface area contributed by atoms with E-state index in [1.54, 1.807) is 16.8 Å². The molecule has 0 aliphatic carbocycles. The van der Waals surface area contributed by atoms with Gasteiger partial charge in [-0.25, -0.2) is 4.68 Å². The van der Waals surface area contributed by atoms with Crippen molar-refractivity contribution in [3.05, 3.63) is 40.1 Å². The minimum absolute atomic E-state index is 0.215. The van der Waals surface area contributed by atoms with Crippen molar-refractivity contribution in [3.8, 4) is 11.4 Å². The Morgan fingerprint density at radius 1 is 1.31 bits per heavy atom. The molecule has 4 nitrogen and oxygen atoms in total. The third-order valence-electron chi connectivity index (χ3n) is 2.64. The second kappa shape index (κ2) is 3.61. The van der Waals surface area contributed by atoms with Crippen LogP contribution in [0.25, 0.3) is 5.69 Å². The Bertz CT molecular complexity index is 551. The summed E-state index contributed by atoms with van der Waals surface area (Å²) in [5, 5.41) is 14.1. The predicted octanol–water partition coefficient (Wildman–Crippen LogP) is 2.37. The Hall–Kier alpha value is -1.33. The predicted molar refractivity (Wildman–Crippen MR) is 61.4 cm³/mol. The van der Waals surface area contributed by atoms with Crippen LogP contribution in [0.1, 0.15) is 11.3 Å². The zero-order valence-corrected chi connectivity index (χ0v) is 9.94. The van der Waals surface area contributed by atoms with E-state index in [4.69, 9.17) is 4.74 Å². The van der Waals surface area contributed by atoms with Crippen LogP contribution in [0, 0.1) is 0 Å². The van der Waals surface area contributed by atoms with E-state index >= 15 is 0 Å². The summed E-state index contributed by atoms with van der Waals surface area (Å²) in [6, 6.07) is 7.13. The number of hydrogen-bond acceptors (Lipinski definition) is 3. The highest BCUT2D eigenvalue weighted by atomic mass is 79.9. The molecule has 0 spiro atoms. The fourth-order valence-electron chi connectivity index (χ4n) is 1.84.